The lowest BCUT2D eigenvalue weighted by Crippen LogP contribution is -2.50. The topological polar surface area (TPSA) is 81.3 Å². The van der Waals surface area contributed by atoms with E-state index >= 15 is 0 Å². The summed E-state index contributed by atoms with van der Waals surface area (Å²) in [7, 11) is 0. The summed E-state index contributed by atoms with van der Waals surface area (Å²) in [5, 5.41) is 3.60. The maximum absolute atomic E-state index is 12.2. The second-order valence-electron chi connectivity index (χ2n) is 6.55. The molecule has 1 aromatic carbocycles. The van der Waals surface area contributed by atoms with E-state index in [1.807, 2.05) is 25.1 Å². The van der Waals surface area contributed by atoms with Crippen LogP contribution >= 0.6 is 0 Å². The average molecular weight is 343 g/mol. The van der Waals surface area contributed by atoms with E-state index in [4.69, 9.17) is 0 Å². The molecule has 2 aromatic rings. The van der Waals surface area contributed by atoms with Crippen molar-refractivity contribution in [3.8, 4) is 0 Å². The van der Waals surface area contributed by atoms with Gasteiger partial charge in [-0.1, -0.05) is 19.1 Å². The minimum Gasteiger partial charge on any atom is -0.353 e. The highest BCUT2D eigenvalue weighted by Gasteiger charge is 2.21. The van der Waals surface area contributed by atoms with Gasteiger partial charge in [0.15, 0.2) is 0 Å². The first-order chi connectivity index (χ1) is 12.1. The number of aromatic amines is 1. The highest BCUT2D eigenvalue weighted by Crippen LogP contribution is 2.13. The summed E-state index contributed by atoms with van der Waals surface area (Å²) in [6.07, 6.45) is 0.931. The van der Waals surface area contributed by atoms with Crippen LogP contribution in [-0.2, 0) is 4.79 Å². The van der Waals surface area contributed by atoms with E-state index in [9.17, 15) is 9.59 Å². The van der Waals surface area contributed by atoms with Crippen LogP contribution in [0.3, 0.4) is 0 Å². The third-order valence-electron chi connectivity index (χ3n) is 4.66. The van der Waals surface area contributed by atoms with E-state index < -0.39 is 0 Å². The molecule has 1 aromatic heterocycles. The van der Waals surface area contributed by atoms with Crippen LogP contribution in [0.5, 0.6) is 0 Å². The number of aromatic nitrogens is 2. The van der Waals surface area contributed by atoms with Crippen LogP contribution in [0.2, 0.25) is 0 Å². The molecule has 0 spiro atoms. The van der Waals surface area contributed by atoms with Gasteiger partial charge in [-0.25, -0.2) is 4.98 Å². The number of nitrogens with zero attached hydrogens (tertiary/aromatic N) is 3. The molecule has 1 saturated heterocycles. The fraction of sp³-hybridized carbons (Fsp3) is 0.500. The van der Waals surface area contributed by atoms with Gasteiger partial charge in [0.05, 0.1) is 17.4 Å². The minimum atomic E-state index is -0.115. The molecule has 0 bridgehead atoms. The Hall–Kier alpha value is -2.41. The summed E-state index contributed by atoms with van der Waals surface area (Å²) in [6.45, 7) is 7.49. The number of carbonyl (C=O) groups excluding carboxylic acids is 1. The molecule has 25 heavy (non-hydrogen) atoms. The van der Waals surface area contributed by atoms with Crippen LogP contribution in [-0.4, -0.2) is 59.5 Å². The molecule has 134 valence electrons. The molecule has 1 atom stereocenters. The number of hydrogen-bond donors (Lipinski definition) is 2. The standard InChI is InChI=1S/C18H25N5O2/c1-3-13(2)19-16(24)12-22-8-10-23(11-9-22)18-20-15-7-5-4-6-14(15)17(25)21-18/h4-7,13H,3,8-12H2,1-2H3,(H,19,24)(H,20,21,25). The van der Waals surface area contributed by atoms with Gasteiger partial charge in [0.25, 0.3) is 5.56 Å². The maximum Gasteiger partial charge on any atom is 0.260 e. The van der Waals surface area contributed by atoms with Crippen LogP contribution in [0, 0.1) is 0 Å². The van der Waals surface area contributed by atoms with Crippen molar-refractivity contribution in [3.05, 3.63) is 34.6 Å². The Morgan fingerprint density at radius 2 is 2.00 bits per heavy atom. The van der Waals surface area contributed by atoms with Crippen molar-refractivity contribution in [1.82, 2.24) is 20.2 Å². The van der Waals surface area contributed by atoms with Crippen LogP contribution < -0.4 is 15.8 Å². The number of nitrogens with one attached hydrogen (secondary N) is 2. The molecule has 7 nitrogen and oxygen atoms in total. The first-order valence-electron chi connectivity index (χ1n) is 8.82. The lowest BCUT2D eigenvalue weighted by molar-refractivity contribution is -0.122. The normalized spacial score (nSPS) is 16.8. The van der Waals surface area contributed by atoms with Crippen molar-refractivity contribution in [1.29, 1.82) is 0 Å². The molecule has 1 amide bonds. The molecule has 2 heterocycles. The second kappa shape index (κ2) is 7.65. The summed E-state index contributed by atoms with van der Waals surface area (Å²) in [6, 6.07) is 7.55. The van der Waals surface area contributed by atoms with E-state index in [0.717, 1.165) is 32.6 Å². The summed E-state index contributed by atoms with van der Waals surface area (Å²) in [4.78, 5) is 35.8. The monoisotopic (exact) mass is 343 g/mol. The lowest BCUT2D eigenvalue weighted by Gasteiger charge is -2.34. The van der Waals surface area contributed by atoms with E-state index in [2.05, 4.69) is 32.0 Å². The minimum absolute atomic E-state index is 0.0695. The number of rotatable bonds is 5. The molecule has 0 saturated carbocycles. The smallest absolute Gasteiger partial charge is 0.260 e. The molecule has 7 heteroatoms. The number of fused-ring (bicyclic) bond motifs is 1. The Bertz CT molecular complexity index is 795. The zero-order chi connectivity index (χ0) is 17.8. The Morgan fingerprint density at radius 1 is 1.28 bits per heavy atom. The van der Waals surface area contributed by atoms with Crippen molar-refractivity contribution in [2.45, 2.75) is 26.3 Å². The van der Waals surface area contributed by atoms with Gasteiger partial charge in [0, 0.05) is 32.2 Å². The first-order valence-corrected chi connectivity index (χ1v) is 8.82. The van der Waals surface area contributed by atoms with Gasteiger partial charge in [0.1, 0.15) is 0 Å². The van der Waals surface area contributed by atoms with Gasteiger partial charge in [-0.15, -0.1) is 0 Å². The third kappa shape index (κ3) is 4.17. The number of carbonyl (C=O) groups is 1. The van der Waals surface area contributed by atoms with Gasteiger partial charge >= 0.3 is 0 Å². The average Bonchev–Trinajstić information content (AvgIpc) is 2.62. The van der Waals surface area contributed by atoms with E-state index in [1.165, 1.54) is 0 Å². The molecule has 0 radical (unpaired) electrons. The molecular formula is C18H25N5O2. The molecule has 2 N–H and O–H groups in total. The van der Waals surface area contributed by atoms with E-state index in [0.29, 0.717) is 23.4 Å². The summed E-state index contributed by atoms with van der Waals surface area (Å²) in [5.41, 5.74) is 0.590. The molecule has 0 aliphatic carbocycles. The van der Waals surface area contributed by atoms with Crippen molar-refractivity contribution in [3.63, 3.8) is 0 Å². The van der Waals surface area contributed by atoms with Gasteiger partial charge in [-0.05, 0) is 25.5 Å². The Morgan fingerprint density at radius 3 is 2.72 bits per heavy atom. The molecule has 3 rings (SSSR count). The predicted molar refractivity (Wildman–Crippen MR) is 98.9 cm³/mol. The Labute approximate surface area is 147 Å². The second-order valence-corrected chi connectivity index (χ2v) is 6.55. The van der Waals surface area contributed by atoms with Crippen LogP contribution in [0.4, 0.5) is 5.95 Å². The van der Waals surface area contributed by atoms with E-state index in [-0.39, 0.29) is 17.5 Å². The lowest BCUT2D eigenvalue weighted by atomic mass is 10.2. The fourth-order valence-electron chi connectivity index (χ4n) is 2.97. The van der Waals surface area contributed by atoms with Crippen LogP contribution in [0.15, 0.2) is 29.1 Å². The number of benzene rings is 1. The van der Waals surface area contributed by atoms with Gasteiger partial charge in [-0.2, -0.15) is 0 Å². The summed E-state index contributed by atoms with van der Waals surface area (Å²) >= 11 is 0. The number of amides is 1. The molecular weight excluding hydrogens is 318 g/mol. The Kier molecular flexibility index (Phi) is 5.33. The molecule has 1 aliphatic heterocycles. The van der Waals surface area contributed by atoms with Crippen molar-refractivity contribution >= 4 is 22.8 Å². The zero-order valence-corrected chi connectivity index (χ0v) is 14.8. The van der Waals surface area contributed by atoms with Gasteiger partial charge in [-0.3, -0.25) is 19.5 Å². The Balaban J connectivity index is 1.61. The largest absolute Gasteiger partial charge is 0.353 e. The number of para-hydroxylation sites is 1. The first kappa shape index (κ1) is 17.4. The summed E-state index contributed by atoms with van der Waals surface area (Å²) in [5.74, 6) is 0.674. The van der Waals surface area contributed by atoms with Gasteiger partial charge in [0.2, 0.25) is 11.9 Å². The van der Waals surface area contributed by atoms with Crippen LogP contribution in [0.25, 0.3) is 10.9 Å². The fourth-order valence-corrected chi connectivity index (χ4v) is 2.97. The van der Waals surface area contributed by atoms with E-state index in [1.54, 1.807) is 6.07 Å². The SMILES string of the molecule is CCC(C)NC(=O)CN1CCN(c2nc3ccccc3c(=O)[nH]2)CC1. The number of H-pyrrole nitrogens is 1. The van der Waals surface area contributed by atoms with Crippen LogP contribution in [0.1, 0.15) is 20.3 Å². The highest BCUT2D eigenvalue weighted by molar-refractivity contribution is 5.79. The highest BCUT2D eigenvalue weighted by atomic mass is 16.2. The molecule has 1 unspecified atom stereocenters. The van der Waals surface area contributed by atoms with Crippen molar-refractivity contribution in [2.75, 3.05) is 37.6 Å². The molecule has 1 fully saturated rings. The van der Waals surface area contributed by atoms with Gasteiger partial charge < -0.3 is 10.2 Å². The summed E-state index contributed by atoms with van der Waals surface area (Å²) < 4.78 is 0. The maximum atomic E-state index is 12.2. The zero-order valence-electron chi connectivity index (χ0n) is 14.8. The van der Waals surface area contributed by atoms with Crippen molar-refractivity contribution in [2.24, 2.45) is 0 Å². The number of hydrogen-bond acceptors (Lipinski definition) is 5. The molecule has 1 aliphatic rings. The van der Waals surface area contributed by atoms with Crippen molar-refractivity contribution < 1.29 is 4.79 Å². The number of piperazine rings is 1. The quantitative estimate of drug-likeness (QED) is 0.845. The number of anilines is 1. The predicted octanol–water partition coefficient (Wildman–Crippen LogP) is 0.960. The third-order valence-corrected chi connectivity index (χ3v) is 4.66.